The van der Waals surface area contributed by atoms with Gasteiger partial charge >= 0.3 is 0 Å². The summed E-state index contributed by atoms with van der Waals surface area (Å²) in [5.74, 6) is 0.855. The highest BCUT2D eigenvalue weighted by atomic mass is 35.5. The lowest BCUT2D eigenvalue weighted by Gasteiger charge is -2.35. The first-order valence-electron chi connectivity index (χ1n) is 7.34. The van der Waals surface area contributed by atoms with Gasteiger partial charge in [-0.25, -0.2) is 0 Å². The van der Waals surface area contributed by atoms with Crippen LogP contribution in [0.4, 0.5) is 0 Å². The smallest absolute Gasteiger partial charge is 0.0982 e. The lowest BCUT2D eigenvalue weighted by atomic mass is 9.97. The number of morpholine rings is 1. The van der Waals surface area contributed by atoms with Gasteiger partial charge in [0.15, 0.2) is 0 Å². The zero-order chi connectivity index (χ0) is 13.1. The van der Waals surface area contributed by atoms with Gasteiger partial charge in [0, 0.05) is 38.4 Å². The number of halogens is 1. The molecule has 0 saturated carbocycles. The first kappa shape index (κ1) is 15.8. The van der Waals surface area contributed by atoms with Crippen LogP contribution in [0.1, 0.15) is 24.5 Å². The van der Waals surface area contributed by atoms with Crippen molar-refractivity contribution in [1.29, 1.82) is 0 Å². The van der Waals surface area contributed by atoms with Crippen molar-refractivity contribution >= 4 is 12.4 Å². The standard InChI is InChI=1S/C14H24N4O.ClH/c1-17-10-13(8-16-17)14-11-18(6-7-19-14)9-12-2-4-15-5-3-12;/h8,10,12,14-15H,2-7,9,11H2,1H3;1H. The minimum atomic E-state index is 0. The number of aromatic nitrogens is 2. The molecule has 2 aliphatic rings. The van der Waals surface area contributed by atoms with E-state index in [0.717, 1.165) is 25.6 Å². The molecule has 0 aromatic carbocycles. The van der Waals surface area contributed by atoms with E-state index >= 15 is 0 Å². The first-order valence-corrected chi connectivity index (χ1v) is 7.34. The Balaban J connectivity index is 0.00000147. The quantitative estimate of drug-likeness (QED) is 0.911. The van der Waals surface area contributed by atoms with Crippen molar-refractivity contribution in [2.24, 2.45) is 13.0 Å². The molecule has 1 unspecified atom stereocenters. The largest absolute Gasteiger partial charge is 0.371 e. The average Bonchev–Trinajstić information content (AvgIpc) is 2.87. The molecule has 2 saturated heterocycles. The minimum absolute atomic E-state index is 0. The van der Waals surface area contributed by atoms with Crippen molar-refractivity contribution in [3.05, 3.63) is 18.0 Å². The molecule has 0 radical (unpaired) electrons. The van der Waals surface area contributed by atoms with Crippen LogP contribution >= 0.6 is 12.4 Å². The van der Waals surface area contributed by atoms with E-state index in [1.807, 2.05) is 17.9 Å². The third kappa shape index (κ3) is 3.95. The summed E-state index contributed by atoms with van der Waals surface area (Å²) in [6.45, 7) is 6.50. The van der Waals surface area contributed by atoms with Crippen LogP contribution in [-0.2, 0) is 11.8 Å². The van der Waals surface area contributed by atoms with Gasteiger partial charge in [-0.15, -0.1) is 12.4 Å². The molecule has 6 heteroatoms. The molecule has 0 spiro atoms. The summed E-state index contributed by atoms with van der Waals surface area (Å²) in [7, 11) is 1.96. The van der Waals surface area contributed by atoms with Gasteiger partial charge in [0.05, 0.1) is 18.9 Å². The van der Waals surface area contributed by atoms with E-state index in [1.165, 1.54) is 38.0 Å². The van der Waals surface area contributed by atoms with Crippen LogP contribution in [0, 0.1) is 5.92 Å². The highest BCUT2D eigenvalue weighted by Gasteiger charge is 2.25. The molecule has 0 bridgehead atoms. The Labute approximate surface area is 127 Å². The molecule has 3 rings (SSSR count). The number of nitrogens with one attached hydrogen (secondary N) is 1. The fraction of sp³-hybridized carbons (Fsp3) is 0.786. The van der Waals surface area contributed by atoms with Crippen molar-refractivity contribution in [3.63, 3.8) is 0 Å². The maximum atomic E-state index is 5.89. The maximum Gasteiger partial charge on any atom is 0.0982 e. The van der Waals surface area contributed by atoms with E-state index in [1.54, 1.807) is 0 Å². The van der Waals surface area contributed by atoms with Crippen molar-refractivity contribution in [2.45, 2.75) is 18.9 Å². The van der Waals surface area contributed by atoms with Crippen LogP contribution in [0.3, 0.4) is 0 Å². The van der Waals surface area contributed by atoms with Crippen LogP contribution in [-0.4, -0.2) is 54.0 Å². The van der Waals surface area contributed by atoms with Crippen LogP contribution in [0.2, 0.25) is 0 Å². The predicted octanol–water partition coefficient (Wildman–Crippen LogP) is 1.21. The molecule has 114 valence electrons. The lowest BCUT2D eigenvalue weighted by molar-refractivity contribution is -0.0357. The van der Waals surface area contributed by atoms with Gasteiger partial charge in [-0.2, -0.15) is 5.10 Å². The highest BCUT2D eigenvalue weighted by molar-refractivity contribution is 5.85. The van der Waals surface area contributed by atoms with E-state index < -0.39 is 0 Å². The first-order chi connectivity index (χ1) is 9.31. The Morgan fingerprint density at radius 3 is 2.90 bits per heavy atom. The van der Waals surface area contributed by atoms with Crippen molar-refractivity contribution in [1.82, 2.24) is 20.0 Å². The monoisotopic (exact) mass is 300 g/mol. The predicted molar refractivity (Wildman–Crippen MR) is 81.2 cm³/mol. The number of hydrogen-bond donors (Lipinski definition) is 1. The highest BCUT2D eigenvalue weighted by Crippen LogP contribution is 2.23. The van der Waals surface area contributed by atoms with Crippen LogP contribution in [0.5, 0.6) is 0 Å². The molecular formula is C14H25ClN4O. The zero-order valence-electron chi connectivity index (χ0n) is 12.1. The molecule has 1 aromatic heterocycles. The molecule has 0 aliphatic carbocycles. The molecule has 1 N–H and O–H groups in total. The average molecular weight is 301 g/mol. The number of ether oxygens (including phenoxy) is 1. The summed E-state index contributed by atoms with van der Waals surface area (Å²) >= 11 is 0. The Morgan fingerprint density at radius 2 is 2.20 bits per heavy atom. The van der Waals surface area contributed by atoms with E-state index in [9.17, 15) is 0 Å². The Morgan fingerprint density at radius 1 is 1.40 bits per heavy atom. The van der Waals surface area contributed by atoms with Gasteiger partial charge in [0.1, 0.15) is 0 Å². The number of rotatable bonds is 3. The van der Waals surface area contributed by atoms with E-state index in [2.05, 4.69) is 21.5 Å². The number of aryl methyl sites for hydroxylation is 1. The lowest BCUT2D eigenvalue weighted by Crippen LogP contribution is -2.43. The van der Waals surface area contributed by atoms with Gasteiger partial charge in [-0.3, -0.25) is 9.58 Å². The van der Waals surface area contributed by atoms with Gasteiger partial charge in [-0.05, 0) is 31.8 Å². The molecule has 20 heavy (non-hydrogen) atoms. The van der Waals surface area contributed by atoms with Gasteiger partial charge in [0.25, 0.3) is 0 Å². The third-order valence-corrected chi connectivity index (χ3v) is 4.22. The molecule has 5 nitrogen and oxygen atoms in total. The molecule has 2 fully saturated rings. The second kappa shape index (κ2) is 7.41. The van der Waals surface area contributed by atoms with Gasteiger partial charge in [0.2, 0.25) is 0 Å². The van der Waals surface area contributed by atoms with E-state index in [-0.39, 0.29) is 18.5 Å². The Hall–Kier alpha value is -0.620. The second-order valence-corrected chi connectivity index (χ2v) is 5.76. The summed E-state index contributed by atoms with van der Waals surface area (Å²) in [5, 5.41) is 7.68. The van der Waals surface area contributed by atoms with Crippen LogP contribution < -0.4 is 5.32 Å². The minimum Gasteiger partial charge on any atom is -0.371 e. The van der Waals surface area contributed by atoms with E-state index in [0.29, 0.717) is 0 Å². The summed E-state index contributed by atoms with van der Waals surface area (Å²) in [4.78, 5) is 2.57. The summed E-state index contributed by atoms with van der Waals surface area (Å²) in [6, 6.07) is 0. The van der Waals surface area contributed by atoms with Gasteiger partial charge in [-0.1, -0.05) is 0 Å². The number of piperidine rings is 1. The van der Waals surface area contributed by atoms with Gasteiger partial charge < -0.3 is 10.1 Å². The topological polar surface area (TPSA) is 42.3 Å². The summed E-state index contributed by atoms with van der Waals surface area (Å²) < 4.78 is 7.74. The second-order valence-electron chi connectivity index (χ2n) is 5.76. The van der Waals surface area contributed by atoms with Crippen molar-refractivity contribution in [2.75, 3.05) is 39.3 Å². The molecule has 0 amide bonds. The van der Waals surface area contributed by atoms with Crippen molar-refractivity contribution in [3.8, 4) is 0 Å². The Kier molecular flexibility index (Phi) is 5.84. The third-order valence-electron chi connectivity index (χ3n) is 4.22. The number of hydrogen-bond acceptors (Lipinski definition) is 4. The normalized spacial score (nSPS) is 25.4. The molecular weight excluding hydrogens is 276 g/mol. The zero-order valence-corrected chi connectivity index (χ0v) is 12.9. The molecule has 3 heterocycles. The Bertz CT molecular complexity index is 406. The summed E-state index contributed by atoms with van der Waals surface area (Å²) in [6.07, 6.45) is 6.82. The van der Waals surface area contributed by atoms with E-state index in [4.69, 9.17) is 4.74 Å². The molecule has 1 atom stereocenters. The SMILES string of the molecule is Cl.Cn1cc(C2CN(CC3CCNCC3)CCO2)cn1. The van der Waals surface area contributed by atoms with Crippen molar-refractivity contribution < 1.29 is 4.74 Å². The van der Waals surface area contributed by atoms with Crippen LogP contribution in [0.15, 0.2) is 12.4 Å². The molecule has 2 aliphatic heterocycles. The van der Waals surface area contributed by atoms with Crippen LogP contribution in [0.25, 0.3) is 0 Å². The number of nitrogens with zero attached hydrogens (tertiary/aromatic N) is 3. The fourth-order valence-electron chi connectivity index (χ4n) is 3.11. The molecule has 1 aromatic rings. The fourth-order valence-corrected chi connectivity index (χ4v) is 3.11. The maximum absolute atomic E-state index is 5.89. The summed E-state index contributed by atoms with van der Waals surface area (Å²) in [5.41, 5.74) is 1.21.